The average molecular weight is 458 g/mol. The molecule has 31 heavy (non-hydrogen) atoms. The van der Waals surface area contributed by atoms with E-state index in [1.807, 2.05) is 13.0 Å². The van der Waals surface area contributed by atoms with Crippen molar-refractivity contribution < 1.29 is 28.0 Å². The maximum absolute atomic E-state index is 12.7. The normalized spacial score (nSPS) is 15.2. The van der Waals surface area contributed by atoms with Gasteiger partial charge in [-0.25, -0.2) is 4.79 Å². The van der Waals surface area contributed by atoms with E-state index in [1.54, 1.807) is 24.3 Å². The highest BCUT2D eigenvalue weighted by Crippen LogP contribution is 2.35. The van der Waals surface area contributed by atoms with Crippen molar-refractivity contribution in [2.24, 2.45) is 0 Å². The minimum atomic E-state index is -0.635. The molecule has 7 nitrogen and oxygen atoms in total. The lowest BCUT2D eigenvalue weighted by Gasteiger charge is -2.09. The van der Waals surface area contributed by atoms with Gasteiger partial charge in [-0.15, -0.1) is 0 Å². The molecule has 3 heterocycles. The zero-order valence-electron chi connectivity index (χ0n) is 16.5. The molecular weight excluding hydrogens is 442 g/mol. The summed E-state index contributed by atoms with van der Waals surface area (Å²) in [5.74, 6) is 0.231. The van der Waals surface area contributed by atoms with E-state index in [2.05, 4.69) is 4.74 Å². The Bertz CT molecular complexity index is 1220. The fraction of sp³-hybridized carbons (Fsp3) is 0.136. The summed E-state index contributed by atoms with van der Waals surface area (Å²) in [6.07, 6.45) is 1.52. The summed E-state index contributed by atoms with van der Waals surface area (Å²) in [5, 5.41) is 0.151. The zero-order chi connectivity index (χ0) is 22.1. The highest BCUT2D eigenvalue weighted by molar-refractivity contribution is 8.18. The Labute approximate surface area is 186 Å². The minimum absolute atomic E-state index is 0.000521. The van der Waals surface area contributed by atoms with E-state index in [0.29, 0.717) is 22.3 Å². The van der Waals surface area contributed by atoms with Crippen molar-refractivity contribution in [2.45, 2.75) is 13.5 Å². The highest BCUT2D eigenvalue weighted by atomic mass is 35.5. The second kappa shape index (κ2) is 8.49. The molecule has 0 aliphatic carbocycles. The molecule has 0 radical (unpaired) electrons. The van der Waals surface area contributed by atoms with Crippen LogP contribution >= 0.6 is 23.4 Å². The molecule has 1 saturated heterocycles. The van der Waals surface area contributed by atoms with Gasteiger partial charge in [0.25, 0.3) is 11.1 Å². The molecule has 1 fully saturated rings. The van der Waals surface area contributed by atoms with E-state index < -0.39 is 17.1 Å². The van der Waals surface area contributed by atoms with Crippen LogP contribution in [0.15, 0.2) is 56.2 Å². The van der Waals surface area contributed by atoms with Crippen molar-refractivity contribution in [3.63, 3.8) is 0 Å². The number of furan rings is 2. The van der Waals surface area contributed by atoms with Crippen LogP contribution in [-0.2, 0) is 16.1 Å². The monoisotopic (exact) mass is 457 g/mol. The van der Waals surface area contributed by atoms with Gasteiger partial charge in [0.2, 0.25) is 5.76 Å². The number of methoxy groups -OCH3 is 1. The Balaban J connectivity index is 1.52. The average Bonchev–Trinajstić information content (AvgIpc) is 3.46. The van der Waals surface area contributed by atoms with Crippen LogP contribution in [0.4, 0.5) is 4.79 Å². The molecule has 2 aromatic heterocycles. The molecule has 4 rings (SSSR count). The van der Waals surface area contributed by atoms with E-state index >= 15 is 0 Å². The van der Waals surface area contributed by atoms with E-state index in [1.165, 1.54) is 25.3 Å². The topological polar surface area (TPSA) is 90.0 Å². The van der Waals surface area contributed by atoms with Gasteiger partial charge in [0.15, 0.2) is 0 Å². The second-order valence-electron chi connectivity index (χ2n) is 6.69. The first-order valence-electron chi connectivity index (χ1n) is 9.14. The van der Waals surface area contributed by atoms with Crippen LogP contribution in [0, 0.1) is 6.92 Å². The first kappa shape index (κ1) is 21.0. The van der Waals surface area contributed by atoms with Gasteiger partial charge in [-0.3, -0.25) is 14.5 Å². The second-order valence-corrected chi connectivity index (χ2v) is 8.12. The van der Waals surface area contributed by atoms with Gasteiger partial charge < -0.3 is 13.6 Å². The van der Waals surface area contributed by atoms with Crippen LogP contribution < -0.4 is 0 Å². The standard InChI is InChI=1S/C22H16ClNO6S/c1-12-3-4-13(23)9-16(12)17-7-5-14(29-17)10-19-20(25)24(22(27)31-19)11-15-6-8-18(30-15)21(26)28-2/h3-10H,11H2,1-2H3. The molecule has 1 aromatic carbocycles. The van der Waals surface area contributed by atoms with Gasteiger partial charge >= 0.3 is 5.97 Å². The van der Waals surface area contributed by atoms with E-state index in [4.69, 9.17) is 20.4 Å². The number of carbonyl (C=O) groups is 3. The van der Waals surface area contributed by atoms with Crippen molar-refractivity contribution in [2.75, 3.05) is 7.11 Å². The number of esters is 1. The fourth-order valence-electron chi connectivity index (χ4n) is 3.03. The molecule has 3 aromatic rings. The van der Waals surface area contributed by atoms with Crippen LogP contribution in [-0.4, -0.2) is 29.1 Å². The van der Waals surface area contributed by atoms with E-state index in [0.717, 1.165) is 27.8 Å². The van der Waals surface area contributed by atoms with Gasteiger partial charge in [0.1, 0.15) is 17.3 Å². The first-order valence-corrected chi connectivity index (χ1v) is 10.3. The number of aryl methyl sites for hydroxylation is 1. The zero-order valence-corrected chi connectivity index (χ0v) is 18.1. The number of hydrogen-bond acceptors (Lipinski definition) is 7. The fourth-order valence-corrected chi connectivity index (χ4v) is 4.02. The maximum atomic E-state index is 12.7. The molecule has 2 amide bonds. The molecule has 0 spiro atoms. The van der Waals surface area contributed by atoms with Crippen LogP contribution in [0.5, 0.6) is 0 Å². The summed E-state index contributed by atoms with van der Waals surface area (Å²) in [4.78, 5) is 37.8. The van der Waals surface area contributed by atoms with E-state index in [-0.39, 0.29) is 17.2 Å². The van der Waals surface area contributed by atoms with Crippen molar-refractivity contribution in [1.29, 1.82) is 0 Å². The number of ether oxygens (including phenoxy) is 1. The predicted octanol–water partition coefficient (Wildman–Crippen LogP) is 5.52. The quantitative estimate of drug-likeness (QED) is 0.367. The molecule has 0 N–H and O–H groups in total. The Kier molecular flexibility index (Phi) is 5.75. The number of carbonyl (C=O) groups excluding carboxylic acids is 3. The molecule has 9 heteroatoms. The molecule has 0 saturated carbocycles. The number of thioether (sulfide) groups is 1. The van der Waals surface area contributed by atoms with E-state index in [9.17, 15) is 14.4 Å². The van der Waals surface area contributed by atoms with Crippen LogP contribution in [0.25, 0.3) is 17.4 Å². The Morgan fingerprint density at radius 3 is 2.74 bits per heavy atom. The Morgan fingerprint density at radius 2 is 1.97 bits per heavy atom. The summed E-state index contributed by atoms with van der Waals surface area (Å²) in [5.41, 5.74) is 1.84. The largest absolute Gasteiger partial charge is 0.463 e. The van der Waals surface area contributed by atoms with Crippen LogP contribution in [0.1, 0.15) is 27.6 Å². The number of halogens is 1. The lowest BCUT2D eigenvalue weighted by Crippen LogP contribution is -2.27. The number of benzene rings is 1. The number of hydrogen-bond donors (Lipinski definition) is 0. The maximum Gasteiger partial charge on any atom is 0.373 e. The summed E-state index contributed by atoms with van der Waals surface area (Å²) >= 11 is 6.89. The third-order valence-corrected chi connectivity index (χ3v) is 5.74. The Hall–Kier alpha value is -3.23. The van der Waals surface area contributed by atoms with Crippen molar-refractivity contribution >= 4 is 46.6 Å². The van der Waals surface area contributed by atoms with Crippen LogP contribution in [0.3, 0.4) is 0 Å². The molecule has 0 unspecified atom stereocenters. The first-order chi connectivity index (χ1) is 14.9. The van der Waals surface area contributed by atoms with Crippen molar-refractivity contribution in [1.82, 2.24) is 4.90 Å². The van der Waals surface area contributed by atoms with Crippen molar-refractivity contribution in [3.8, 4) is 11.3 Å². The van der Waals surface area contributed by atoms with Gasteiger partial charge in [-0.05, 0) is 60.6 Å². The number of imide groups is 1. The summed E-state index contributed by atoms with van der Waals surface area (Å²) in [7, 11) is 1.24. The molecule has 158 valence electrons. The van der Waals surface area contributed by atoms with Crippen LogP contribution in [0.2, 0.25) is 5.02 Å². The third kappa shape index (κ3) is 4.30. The number of rotatable bonds is 5. The molecule has 0 bridgehead atoms. The summed E-state index contributed by atoms with van der Waals surface area (Å²) in [6, 6.07) is 12.0. The third-order valence-electron chi connectivity index (χ3n) is 4.60. The van der Waals surface area contributed by atoms with Gasteiger partial charge in [-0.2, -0.15) is 0 Å². The lowest BCUT2D eigenvalue weighted by molar-refractivity contribution is -0.123. The number of amides is 2. The Morgan fingerprint density at radius 1 is 1.16 bits per heavy atom. The minimum Gasteiger partial charge on any atom is -0.463 e. The summed E-state index contributed by atoms with van der Waals surface area (Å²) < 4.78 is 15.8. The molecular formula is C22H16ClNO6S. The van der Waals surface area contributed by atoms with Gasteiger partial charge in [-0.1, -0.05) is 17.7 Å². The number of nitrogens with zero attached hydrogens (tertiary/aromatic N) is 1. The highest BCUT2D eigenvalue weighted by Gasteiger charge is 2.36. The van der Waals surface area contributed by atoms with Crippen molar-refractivity contribution in [3.05, 3.63) is 75.2 Å². The molecule has 1 aliphatic heterocycles. The smallest absolute Gasteiger partial charge is 0.373 e. The lowest BCUT2D eigenvalue weighted by atomic mass is 10.1. The predicted molar refractivity (Wildman–Crippen MR) is 115 cm³/mol. The molecule has 0 atom stereocenters. The molecule has 1 aliphatic rings. The summed E-state index contributed by atoms with van der Waals surface area (Å²) in [6.45, 7) is 1.85. The SMILES string of the molecule is COC(=O)c1ccc(CN2C(=O)SC(=Cc3ccc(-c4cc(Cl)ccc4C)o3)C2=O)o1. The van der Waals surface area contributed by atoms with Gasteiger partial charge in [0.05, 0.1) is 18.6 Å². The van der Waals surface area contributed by atoms with Gasteiger partial charge in [0, 0.05) is 16.7 Å².